The molecule has 0 aromatic heterocycles. The second-order valence-corrected chi connectivity index (χ2v) is 19.8. The number of hydrogen-bond acceptors (Lipinski definition) is 11. The third kappa shape index (κ3) is 7.23. The molecule has 3 saturated carbocycles. The van der Waals surface area contributed by atoms with Gasteiger partial charge in [0.1, 0.15) is 48.8 Å². The third-order valence-electron chi connectivity index (χ3n) is 16.3. The molecule has 4 aliphatic carbocycles. The summed E-state index contributed by atoms with van der Waals surface area (Å²) in [6.45, 7) is 18.4. The van der Waals surface area contributed by atoms with Gasteiger partial charge in [-0.3, -0.25) is 0 Å². The molecule has 5 fully saturated rings. The highest BCUT2D eigenvalue weighted by atomic mass is 16.7. The van der Waals surface area contributed by atoms with Crippen LogP contribution in [0.25, 0.3) is 0 Å². The molecule has 12 unspecified atom stereocenters. The van der Waals surface area contributed by atoms with Crippen molar-refractivity contribution in [3.05, 3.63) is 11.6 Å². The maximum Gasteiger partial charge on any atom is 0.186 e. The van der Waals surface area contributed by atoms with Crippen LogP contribution in [-0.2, 0) is 18.9 Å². The average Bonchev–Trinajstić information content (AvgIpc) is 3.39. The highest BCUT2D eigenvalue weighted by molar-refractivity contribution is 5.29. The van der Waals surface area contributed by atoms with Crippen molar-refractivity contribution in [2.24, 2.45) is 51.2 Å². The monoisotopic (exact) mass is 753 g/mol. The molecule has 306 valence electrons. The van der Waals surface area contributed by atoms with Gasteiger partial charge in [-0.15, -0.1) is 0 Å². The molecular formula is C42H72O11. The number of aliphatic hydroxyl groups excluding tert-OH is 7. The zero-order valence-corrected chi connectivity index (χ0v) is 33.6. The first-order valence-electron chi connectivity index (χ1n) is 20.8. The standard InChI is InChI=1S/C42H72O11/c1-22(2)27(51-38-36(49)34(47)32(45)29(53-38)21-50-37-35(48)33(46)31(44)28(20-43)52-37)13-11-23(3)24-15-17-42(8)30-14-12-25-26(10-9-16-39(25,4)5)40(30,6)18-19-41(24,42)7/h12,22-24,26-38,43-49H,9-11,13-21H2,1-8H3/t23-,24-,26?,27?,28?,29?,30-,31?,32?,33?,34?,35?,36?,37?,38?,40+,41-,42+/m1/s1. The molecule has 6 rings (SSSR count). The van der Waals surface area contributed by atoms with Crippen molar-refractivity contribution >= 4 is 0 Å². The molecule has 0 amide bonds. The summed E-state index contributed by atoms with van der Waals surface area (Å²) in [5.41, 5.74) is 2.98. The molecule has 0 aromatic carbocycles. The summed E-state index contributed by atoms with van der Waals surface area (Å²) >= 11 is 0. The maximum atomic E-state index is 10.9. The second-order valence-electron chi connectivity index (χ2n) is 19.8. The largest absolute Gasteiger partial charge is 0.394 e. The number of hydrogen-bond donors (Lipinski definition) is 7. The number of aliphatic hydroxyl groups is 7. The van der Waals surface area contributed by atoms with E-state index >= 15 is 0 Å². The molecule has 18 atom stereocenters. The Morgan fingerprint density at radius 2 is 1.38 bits per heavy atom. The number of fused-ring (bicyclic) bond motifs is 5. The van der Waals surface area contributed by atoms with Gasteiger partial charge in [-0.1, -0.05) is 73.5 Å². The molecule has 0 radical (unpaired) electrons. The first-order chi connectivity index (χ1) is 24.8. The molecule has 0 spiro atoms. The van der Waals surface area contributed by atoms with Crippen LogP contribution in [0.15, 0.2) is 11.6 Å². The summed E-state index contributed by atoms with van der Waals surface area (Å²) in [5.74, 6) is 2.58. The molecule has 11 nitrogen and oxygen atoms in total. The van der Waals surface area contributed by atoms with Gasteiger partial charge in [-0.25, -0.2) is 0 Å². The second kappa shape index (κ2) is 15.6. The van der Waals surface area contributed by atoms with E-state index in [0.29, 0.717) is 39.9 Å². The average molecular weight is 753 g/mol. The quantitative estimate of drug-likeness (QED) is 0.152. The highest BCUT2D eigenvalue weighted by Crippen LogP contribution is 2.75. The molecule has 6 aliphatic rings. The van der Waals surface area contributed by atoms with Gasteiger partial charge in [0.05, 0.1) is 19.3 Å². The van der Waals surface area contributed by atoms with Crippen molar-refractivity contribution in [1.29, 1.82) is 0 Å². The molecule has 2 heterocycles. The Balaban J connectivity index is 1.08. The lowest BCUT2D eigenvalue weighted by Gasteiger charge is -2.65. The van der Waals surface area contributed by atoms with E-state index in [9.17, 15) is 35.7 Å². The van der Waals surface area contributed by atoms with Gasteiger partial charge in [0.15, 0.2) is 12.6 Å². The number of allylic oxidation sites excluding steroid dienone is 2. The normalized spacial score (nSPS) is 49.4. The summed E-state index contributed by atoms with van der Waals surface area (Å²) in [7, 11) is 0. The molecule has 11 heteroatoms. The van der Waals surface area contributed by atoms with Gasteiger partial charge < -0.3 is 54.7 Å². The van der Waals surface area contributed by atoms with Gasteiger partial charge in [-0.2, -0.15) is 0 Å². The lowest BCUT2D eigenvalue weighted by atomic mass is 9.39. The van der Waals surface area contributed by atoms with Crippen LogP contribution in [0.3, 0.4) is 0 Å². The minimum absolute atomic E-state index is 0.0913. The van der Waals surface area contributed by atoms with Crippen LogP contribution >= 0.6 is 0 Å². The fourth-order valence-electron chi connectivity index (χ4n) is 12.6. The van der Waals surface area contributed by atoms with Crippen LogP contribution in [0.5, 0.6) is 0 Å². The van der Waals surface area contributed by atoms with E-state index < -0.39 is 68.0 Å². The summed E-state index contributed by atoms with van der Waals surface area (Å²) in [4.78, 5) is 0. The minimum Gasteiger partial charge on any atom is -0.394 e. The Morgan fingerprint density at radius 1 is 0.736 bits per heavy atom. The van der Waals surface area contributed by atoms with Crippen LogP contribution in [0.4, 0.5) is 0 Å². The van der Waals surface area contributed by atoms with Gasteiger partial charge in [-0.05, 0) is 109 Å². The van der Waals surface area contributed by atoms with Crippen molar-refractivity contribution in [1.82, 2.24) is 0 Å². The summed E-state index contributed by atoms with van der Waals surface area (Å²) in [6, 6.07) is 0. The molecule has 2 aliphatic heterocycles. The van der Waals surface area contributed by atoms with Crippen LogP contribution < -0.4 is 0 Å². The van der Waals surface area contributed by atoms with E-state index in [2.05, 4.69) is 61.5 Å². The lowest BCUT2D eigenvalue weighted by molar-refractivity contribution is -0.337. The van der Waals surface area contributed by atoms with Gasteiger partial charge >= 0.3 is 0 Å². The van der Waals surface area contributed by atoms with Crippen molar-refractivity contribution in [2.45, 2.75) is 187 Å². The van der Waals surface area contributed by atoms with Crippen molar-refractivity contribution in [2.75, 3.05) is 13.2 Å². The summed E-state index contributed by atoms with van der Waals surface area (Å²) < 4.78 is 23.4. The first-order valence-corrected chi connectivity index (χ1v) is 20.8. The van der Waals surface area contributed by atoms with E-state index in [4.69, 9.17) is 18.9 Å². The fourth-order valence-corrected chi connectivity index (χ4v) is 12.6. The molecule has 2 saturated heterocycles. The van der Waals surface area contributed by atoms with Crippen LogP contribution in [0, 0.1) is 51.2 Å². The van der Waals surface area contributed by atoms with Crippen LogP contribution in [-0.4, -0.2) is 116 Å². The van der Waals surface area contributed by atoms with Gasteiger partial charge in [0.2, 0.25) is 0 Å². The highest BCUT2D eigenvalue weighted by Gasteiger charge is 2.67. The Morgan fingerprint density at radius 3 is 2.04 bits per heavy atom. The Hall–Kier alpha value is -0.700. The number of rotatable bonds is 11. The van der Waals surface area contributed by atoms with E-state index in [1.54, 1.807) is 5.57 Å². The molecular weight excluding hydrogens is 680 g/mol. The smallest absolute Gasteiger partial charge is 0.186 e. The number of ether oxygens (including phenoxy) is 4. The van der Waals surface area contributed by atoms with E-state index in [1.807, 2.05) is 0 Å². The van der Waals surface area contributed by atoms with Crippen LogP contribution in [0.1, 0.15) is 120 Å². The van der Waals surface area contributed by atoms with Crippen molar-refractivity contribution in [3.8, 4) is 0 Å². The fraction of sp³-hybridized carbons (Fsp3) is 0.952. The van der Waals surface area contributed by atoms with Crippen LogP contribution in [0.2, 0.25) is 0 Å². The summed E-state index contributed by atoms with van der Waals surface area (Å²) in [5, 5.41) is 72.6. The van der Waals surface area contributed by atoms with E-state index in [0.717, 1.165) is 12.8 Å². The Bertz CT molecular complexity index is 1290. The molecule has 0 bridgehead atoms. The zero-order chi connectivity index (χ0) is 38.8. The predicted molar refractivity (Wildman–Crippen MR) is 198 cm³/mol. The minimum atomic E-state index is -1.63. The van der Waals surface area contributed by atoms with E-state index in [1.165, 1.54) is 51.4 Å². The predicted octanol–water partition coefficient (Wildman–Crippen LogP) is 4.06. The van der Waals surface area contributed by atoms with E-state index in [-0.39, 0.29) is 24.0 Å². The van der Waals surface area contributed by atoms with Crippen molar-refractivity contribution < 1.29 is 54.7 Å². The first kappa shape index (κ1) is 41.9. The summed E-state index contributed by atoms with van der Waals surface area (Å²) in [6.07, 6.45) is 0.00524. The molecule has 7 N–H and O–H groups in total. The Labute approximate surface area is 317 Å². The maximum absolute atomic E-state index is 10.9. The van der Waals surface area contributed by atoms with Gasteiger partial charge in [0.25, 0.3) is 0 Å². The topological polar surface area (TPSA) is 179 Å². The third-order valence-corrected chi connectivity index (χ3v) is 16.3. The lowest BCUT2D eigenvalue weighted by Crippen LogP contribution is -2.62. The van der Waals surface area contributed by atoms with Crippen molar-refractivity contribution in [3.63, 3.8) is 0 Å². The molecule has 0 aromatic rings. The molecule has 53 heavy (non-hydrogen) atoms. The van der Waals surface area contributed by atoms with Gasteiger partial charge in [0, 0.05) is 0 Å². The Kier molecular flexibility index (Phi) is 12.3. The SMILES string of the molecule is CC(C)C(CC[C@@H](C)[C@H]1CC[C@@]2(C)[C@@H]3CC=C4C(CCCC4(C)C)[C@]3(C)CC[C@]12C)OC1OC(COC2OC(CO)C(O)C(O)C2O)C(O)C(O)C1O. The zero-order valence-electron chi connectivity index (χ0n) is 33.6.